The first-order valence-corrected chi connectivity index (χ1v) is 8.03. The highest BCUT2D eigenvalue weighted by Gasteiger charge is 2.15. The SMILES string of the molecule is COc1cc([N+](=O)[O-])ccc1-c1ccc(/C=N\NC(=O)c2ccccc2O)o1. The zero-order valence-electron chi connectivity index (χ0n) is 14.7. The molecule has 0 bridgehead atoms. The van der Waals surface area contributed by atoms with Crippen molar-refractivity contribution in [2.45, 2.75) is 0 Å². The largest absolute Gasteiger partial charge is 0.507 e. The normalized spacial score (nSPS) is 10.8. The van der Waals surface area contributed by atoms with E-state index >= 15 is 0 Å². The highest BCUT2D eigenvalue weighted by Crippen LogP contribution is 2.34. The highest BCUT2D eigenvalue weighted by molar-refractivity contribution is 5.97. The van der Waals surface area contributed by atoms with E-state index in [-0.39, 0.29) is 17.0 Å². The number of para-hydroxylation sites is 1. The summed E-state index contributed by atoms with van der Waals surface area (Å²) in [4.78, 5) is 22.3. The van der Waals surface area contributed by atoms with Crippen LogP contribution in [-0.4, -0.2) is 29.3 Å². The van der Waals surface area contributed by atoms with Gasteiger partial charge in [-0.15, -0.1) is 0 Å². The summed E-state index contributed by atoms with van der Waals surface area (Å²) < 4.78 is 10.8. The molecule has 0 aliphatic rings. The Labute approximate surface area is 159 Å². The quantitative estimate of drug-likeness (QED) is 0.383. The van der Waals surface area contributed by atoms with Crippen LogP contribution in [0.4, 0.5) is 5.69 Å². The fourth-order valence-electron chi connectivity index (χ4n) is 2.44. The number of amides is 1. The number of phenols is 1. The molecule has 0 saturated heterocycles. The average molecular weight is 381 g/mol. The molecule has 1 aromatic heterocycles. The van der Waals surface area contributed by atoms with Crippen molar-refractivity contribution in [3.05, 3.63) is 76.0 Å². The van der Waals surface area contributed by atoms with Crippen molar-refractivity contribution in [1.82, 2.24) is 5.43 Å². The van der Waals surface area contributed by atoms with Crippen LogP contribution in [0.2, 0.25) is 0 Å². The summed E-state index contributed by atoms with van der Waals surface area (Å²) in [6, 6.07) is 13.5. The third-order valence-electron chi connectivity index (χ3n) is 3.79. The van der Waals surface area contributed by atoms with E-state index in [1.54, 1.807) is 24.3 Å². The number of ether oxygens (including phenoxy) is 1. The Balaban J connectivity index is 1.74. The molecular weight excluding hydrogens is 366 g/mol. The summed E-state index contributed by atoms with van der Waals surface area (Å²) in [7, 11) is 1.41. The highest BCUT2D eigenvalue weighted by atomic mass is 16.6. The standard InChI is InChI=1S/C19H15N3O6/c1-27-18-10-12(22(25)26)6-8-15(18)17-9-7-13(28-17)11-20-21-19(24)14-4-2-3-5-16(14)23/h2-11,23H,1H3,(H,21,24)/b20-11-. The molecule has 9 nitrogen and oxygen atoms in total. The van der Waals surface area contributed by atoms with Crippen molar-refractivity contribution >= 4 is 17.8 Å². The topological polar surface area (TPSA) is 127 Å². The molecule has 0 atom stereocenters. The minimum absolute atomic E-state index is 0.0930. The second kappa shape index (κ2) is 8.04. The second-order valence-corrected chi connectivity index (χ2v) is 5.56. The number of hydrogen-bond donors (Lipinski definition) is 2. The third-order valence-corrected chi connectivity index (χ3v) is 3.79. The van der Waals surface area contributed by atoms with Gasteiger partial charge in [-0.2, -0.15) is 5.10 Å². The lowest BCUT2D eigenvalue weighted by Crippen LogP contribution is -2.17. The number of hydrazone groups is 1. The maximum atomic E-state index is 12.0. The summed E-state index contributed by atoms with van der Waals surface area (Å²) in [5, 5.41) is 24.3. The molecule has 0 spiro atoms. The molecule has 0 saturated carbocycles. The lowest BCUT2D eigenvalue weighted by Gasteiger charge is -2.05. The molecule has 1 amide bonds. The van der Waals surface area contributed by atoms with Crippen LogP contribution in [0.25, 0.3) is 11.3 Å². The van der Waals surface area contributed by atoms with E-state index in [0.717, 1.165) is 0 Å². The van der Waals surface area contributed by atoms with Crippen LogP contribution in [0.1, 0.15) is 16.1 Å². The van der Waals surface area contributed by atoms with E-state index in [0.29, 0.717) is 22.8 Å². The van der Waals surface area contributed by atoms with Gasteiger partial charge in [0.25, 0.3) is 11.6 Å². The average Bonchev–Trinajstić information content (AvgIpc) is 3.16. The number of carbonyl (C=O) groups is 1. The number of non-ortho nitro benzene ring substituents is 1. The lowest BCUT2D eigenvalue weighted by atomic mass is 10.1. The predicted octanol–water partition coefficient (Wildman–Crippen LogP) is 3.33. The zero-order valence-corrected chi connectivity index (χ0v) is 14.7. The Bertz CT molecular complexity index is 1060. The molecule has 0 fully saturated rings. The van der Waals surface area contributed by atoms with E-state index in [4.69, 9.17) is 9.15 Å². The second-order valence-electron chi connectivity index (χ2n) is 5.56. The van der Waals surface area contributed by atoms with Gasteiger partial charge in [-0.25, -0.2) is 5.43 Å². The number of phenolic OH excluding ortho intramolecular Hbond substituents is 1. The van der Waals surface area contributed by atoms with Crippen molar-refractivity contribution in [3.63, 3.8) is 0 Å². The number of furan rings is 1. The number of nitro benzene ring substituents is 1. The molecule has 142 valence electrons. The van der Waals surface area contributed by atoms with Crippen LogP contribution >= 0.6 is 0 Å². The number of rotatable bonds is 6. The van der Waals surface area contributed by atoms with Gasteiger partial charge < -0.3 is 14.3 Å². The van der Waals surface area contributed by atoms with Crippen molar-refractivity contribution in [2.75, 3.05) is 7.11 Å². The van der Waals surface area contributed by atoms with E-state index in [9.17, 15) is 20.0 Å². The van der Waals surface area contributed by atoms with Crippen molar-refractivity contribution in [2.24, 2.45) is 5.10 Å². The van der Waals surface area contributed by atoms with Gasteiger partial charge in [-0.1, -0.05) is 12.1 Å². The van der Waals surface area contributed by atoms with Crippen molar-refractivity contribution in [1.29, 1.82) is 0 Å². The van der Waals surface area contributed by atoms with Crippen molar-refractivity contribution in [3.8, 4) is 22.8 Å². The smallest absolute Gasteiger partial charge is 0.275 e. The third kappa shape index (κ3) is 3.98. The fraction of sp³-hybridized carbons (Fsp3) is 0.0526. The number of methoxy groups -OCH3 is 1. The summed E-state index contributed by atoms with van der Waals surface area (Å²) in [5.74, 6) is 0.326. The Hall–Kier alpha value is -4.14. The van der Waals surface area contributed by atoms with E-state index in [2.05, 4.69) is 10.5 Å². The van der Waals surface area contributed by atoms with Crippen LogP contribution < -0.4 is 10.2 Å². The predicted molar refractivity (Wildman–Crippen MR) is 101 cm³/mol. The number of aromatic hydroxyl groups is 1. The monoisotopic (exact) mass is 381 g/mol. The molecular formula is C19H15N3O6. The molecule has 3 rings (SSSR count). The molecule has 0 aliphatic carbocycles. The summed E-state index contributed by atoms with van der Waals surface area (Å²) in [6.07, 6.45) is 1.29. The summed E-state index contributed by atoms with van der Waals surface area (Å²) in [6.45, 7) is 0. The van der Waals surface area contributed by atoms with E-state index < -0.39 is 10.8 Å². The molecule has 0 unspecified atom stereocenters. The minimum Gasteiger partial charge on any atom is -0.507 e. The van der Waals surface area contributed by atoms with Gasteiger partial charge in [-0.3, -0.25) is 14.9 Å². The molecule has 2 N–H and O–H groups in total. The van der Waals surface area contributed by atoms with Crippen LogP contribution in [0.15, 0.2) is 64.1 Å². The van der Waals surface area contributed by atoms with E-state index in [1.165, 1.54) is 43.7 Å². The molecule has 2 aromatic carbocycles. The summed E-state index contributed by atoms with van der Waals surface area (Å²) >= 11 is 0. The molecule has 3 aromatic rings. The van der Waals surface area contributed by atoms with Crippen LogP contribution in [0.5, 0.6) is 11.5 Å². The maximum Gasteiger partial charge on any atom is 0.275 e. The first-order chi connectivity index (χ1) is 13.5. The lowest BCUT2D eigenvalue weighted by molar-refractivity contribution is -0.384. The Morgan fingerprint density at radius 3 is 2.75 bits per heavy atom. The van der Waals surface area contributed by atoms with E-state index in [1.807, 2.05) is 0 Å². The van der Waals surface area contributed by atoms with Crippen LogP contribution in [-0.2, 0) is 0 Å². The zero-order chi connectivity index (χ0) is 20.1. The summed E-state index contributed by atoms with van der Waals surface area (Å²) in [5.41, 5.74) is 2.82. The Morgan fingerprint density at radius 1 is 1.25 bits per heavy atom. The minimum atomic E-state index is -0.571. The molecule has 9 heteroatoms. The van der Waals surface area contributed by atoms with Gasteiger partial charge in [0.1, 0.15) is 23.0 Å². The van der Waals surface area contributed by atoms with Gasteiger partial charge in [0, 0.05) is 6.07 Å². The molecule has 28 heavy (non-hydrogen) atoms. The number of hydrogen-bond acceptors (Lipinski definition) is 7. The first-order valence-electron chi connectivity index (χ1n) is 8.03. The first kappa shape index (κ1) is 18.6. The number of nitro groups is 1. The Morgan fingerprint density at radius 2 is 2.04 bits per heavy atom. The number of nitrogens with one attached hydrogen (secondary N) is 1. The number of nitrogens with zero attached hydrogens (tertiary/aromatic N) is 2. The molecule has 0 radical (unpaired) electrons. The fourth-order valence-corrected chi connectivity index (χ4v) is 2.44. The Kier molecular flexibility index (Phi) is 5.35. The number of benzene rings is 2. The molecule has 1 heterocycles. The van der Waals surface area contributed by atoms with Gasteiger partial charge in [0.05, 0.1) is 35.4 Å². The number of carbonyl (C=O) groups excluding carboxylic acids is 1. The molecule has 0 aliphatic heterocycles. The maximum absolute atomic E-state index is 12.0. The van der Waals surface area contributed by atoms with Gasteiger partial charge in [0.15, 0.2) is 0 Å². The van der Waals surface area contributed by atoms with Gasteiger partial charge in [0.2, 0.25) is 0 Å². The van der Waals surface area contributed by atoms with Crippen LogP contribution in [0, 0.1) is 10.1 Å². The van der Waals surface area contributed by atoms with Crippen molar-refractivity contribution < 1.29 is 24.0 Å². The van der Waals surface area contributed by atoms with Gasteiger partial charge in [-0.05, 0) is 30.3 Å². The van der Waals surface area contributed by atoms with Crippen LogP contribution in [0.3, 0.4) is 0 Å². The van der Waals surface area contributed by atoms with Gasteiger partial charge >= 0.3 is 0 Å².